The summed E-state index contributed by atoms with van der Waals surface area (Å²) in [6.07, 6.45) is 11.4. The second-order valence-corrected chi connectivity index (χ2v) is 8.61. The molecule has 2 saturated heterocycles. The summed E-state index contributed by atoms with van der Waals surface area (Å²) in [5, 5.41) is 7.61. The van der Waals surface area contributed by atoms with Crippen LogP contribution in [0, 0.1) is 5.92 Å². The molecule has 0 aliphatic carbocycles. The Morgan fingerprint density at radius 2 is 2.11 bits per heavy atom. The van der Waals surface area contributed by atoms with Gasteiger partial charge in [-0.25, -0.2) is 4.68 Å². The average molecular weight is 385 g/mol. The van der Waals surface area contributed by atoms with E-state index in [9.17, 15) is 0 Å². The monoisotopic (exact) mass is 384 g/mol. The molecule has 0 spiro atoms. The van der Waals surface area contributed by atoms with Crippen LogP contribution in [0.4, 0.5) is 0 Å². The number of rotatable bonds is 3. The fourth-order valence-corrected chi connectivity index (χ4v) is 4.67. The summed E-state index contributed by atoms with van der Waals surface area (Å²) in [5.41, 5.74) is 2.44. The van der Waals surface area contributed by atoms with Crippen molar-refractivity contribution in [2.75, 3.05) is 19.7 Å². The topological polar surface area (TPSA) is 44.0 Å². The minimum absolute atomic E-state index is 0.593. The summed E-state index contributed by atoms with van der Waals surface area (Å²) in [6.45, 7) is 3.34. The fourth-order valence-electron chi connectivity index (χ4n) is 3.84. The van der Waals surface area contributed by atoms with E-state index in [1.165, 1.54) is 36.2 Å². The molecule has 4 heterocycles. The molecule has 5 rings (SSSR count). The van der Waals surface area contributed by atoms with E-state index < -0.39 is 0 Å². The Balaban J connectivity index is 0.000000153. The summed E-state index contributed by atoms with van der Waals surface area (Å²) in [4.78, 5) is 1.42. The zero-order chi connectivity index (χ0) is 18.5. The fraction of sp³-hybridized carbons (Fsp3) is 0.476. The Bertz CT molecular complexity index is 768. The highest BCUT2D eigenvalue weighted by molar-refractivity contribution is 7.07. The van der Waals surface area contributed by atoms with Crippen LogP contribution in [0.25, 0.3) is 5.69 Å². The normalized spacial score (nSPS) is 22.0. The van der Waals surface area contributed by atoms with Crippen molar-refractivity contribution in [2.45, 2.75) is 31.8 Å². The molecule has 2 fully saturated rings. The van der Waals surface area contributed by atoms with Crippen LogP contribution in [-0.2, 0) is 18.2 Å². The summed E-state index contributed by atoms with van der Waals surface area (Å²) in [5.74, 6) is 0.822. The molecule has 2 aliphatic rings. The maximum Gasteiger partial charge on any atom is 0.0645 e. The van der Waals surface area contributed by atoms with Gasteiger partial charge in [0.1, 0.15) is 0 Å². The van der Waals surface area contributed by atoms with Crippen LogP contribution in [0.1, 0.15) is 29.7 Å². The Labute approximate surface area is 165 Å². The number of nitrogens with one attached hydrogen (secondary N) is 1. The van der Waals surface area contributed by atoms with Crippen molar-refractivity contribution in [3.8, 4) is 5.69 Å². The number of piperidine rings is 1. The van der Waals surface area contributed by atoms with Gasteiger partial charge in [-0.15, -0.1) is 0 Å². The Morgan fingerprint density at radius 3 is 2.81 bits per heavy atom. The first-order valence-electron chi connectivity index (χ1n) is 9.81. The van der Waals surface area contributed by atoms with Crippen molar-refractivity contribution in [3.63, 3.8) is 0 Å². The van der Waals surface area contributed by atoms with Crippen LogP contribution in [0.5, 0.6) is 0 Å². The van der Waals surface area contributed by atoms with E-state index in [4.69, 9.17) is 4.74 Å². The van der Waals surface area contributed by atoms with Crippen molar-refractivity contribution in [1.82, 2.24) is 19.1 Å². The van der Waals surface area contributed by atoms with Gasteiger partial charge in [0.05, 0.1) is 11.8 Å². The third-order valence-electron chi connectivity index (χ3n) is 5.26. The van der Waals surface area contributed by atoms with Crippen LogP contribution < -0.4 is 5.32 Å². The summed E-state index contributed by atoms with van der Waals surface area (Å²) in [6, 6.07) is 10.5. The molecule has 2 aliphatic heterocycles. The first-order valence-corrected chi connectivity index (χ1v) is 10.6. The number of nitrogens with zero attached hydrogens (tertiary/aromatic N) is 3. The highest BCUT2D eigenvalue weighted by Crippen LogP contribution is 2.24. The number of hydrogen-bond acceptors (Lipinski definition) is 4. The van der Waals surface area contributed by atoms with Crippen molar-refractivity contribution in [1.29, 1.82) is 0 Å². The van der Waals surface area contributed by atoms with Crippen LogP contribution >= 0.6 is 11.5 Å². The van der Waals surface area contributed by atoms with Crippen LogP contribution in [0.2, 0.25) is 0 Å². The van der Waals surface area contributed by atoms with Gasteiger partial charge in [0.25, 0.3) is 0 Å². The number of aryl methyl sites for hydroxylation is 1. The lowest BCUT2D eigenvalue weighted by atomic mass is 9.90. The van der Waals surface area contributed by atoms with Gasteiger partial charge in [-0.3, -0.25) is 0 Å². The molecule has 144 valence electrons. The van der Waals surface area contributed by atoms with E-state index in [1.54, 1.807) is 17.7 Å². The Hall–Kier alpha value is -1.89. The number of benzene rings is 1. The molecule has 2 atom stereocenters. The second-order valence-electron chi connectivity index (χ2n) is 7.33. The molecule has 2 aromatic heterocycles. The molecule has 0 saturated carbocycles. The Kier molecular flexibility index (Phi) is 6.07. The van der Waals surface area contributed by atoms with Crippen molar-refractivity contribution < 1.29 is 4.74 Å². The largest absolute Gasteiger partial charge is 0.378 e. The van der Waals surface area contributed by atoms with Crippen LogP contribution in [0.3, 0.4) is 0 Å². The number of fused-ring (bicyclic) bond motifs is 1. The lowest BCUT2D eigenvalue weighted by Crippen LogP contribution is -2.43. The van der Waals surface area contributed by atoms with E-state index in [1.807, 2.05) is 16.9 Å². The van der Waals surface area contributed by atoms with Gasteiger partial charge in [-0.2, -0.15) is 5.10 Å². The predicted octanol–water partition coefficient (Wildman–Crippen LogP) is 3.64. The van der Waals surface area contributed by atoms with Gasteiger partial charge in [-0.05, 0) is 55.5 Å². The molecule has 0 amide bonds. The smallest absolute Gasteiger partial charge is 0.0645 e. The average Bonchev–Trinajstić information content (AvgIpc) is 3.23. The van der Waals surface area contributed by atoms with Crippen molar-refractivity contribution >= 4 is 11.5 Å². The van der Waals surface area contributed by atoms with E-state index in [2.05, 4.69) is 51.9 Å². The zero-order valence-electron chi connectivity index (χ0n) is 15.9. The van der Waals surface area contributed by atoms with Gasteiger partial charge in [0.15, 0.2) is 0 Å². The Morgan fingerprint density at radius 1 is 1.26 bits per heavy atom. The van der Waals surface area contributed by atoms with Crippen molar-refractivity contribution in [2.24, 2.45) is 13.0 Å². The molecule has 1 aromatic carbocycles. The van der Waals surface area contributed by atoms with Gasteiger partial charge >= 0.3 is 0 Å². The van der Waals surface area contributed by atoms with E-state index in [0.29, 0.717) is 6.10 Å². The van der Waals surface area contributed by atoms with Gasteiger partial charge in [-0.1, -0.05) is 23.7 Å². The lowest BCUT2D eigenvalue weighted by Gasteiger charge is -2.35. The molecule has 5 nitrogen and oxygen atoms in total. The highest BCUT2D eigenvalue weighted by atomic mass is 32.1. The summed E-state index contributed by atoms with van der Waals surface area (Å²) < 4.78 is 9.63. The first kappa shape index (κ1) is 18.5. The molecule has 27 heavy (non-hydrogen) atoms. The third-order valence-corrected chi connectivity index (χ3v) is 6.14. The molecule has 3 aromatic rings. The van der Waals surface area contributed by atoms with Crippen LogP contribution in [-0.4, -0.2) is 39.5 Å². The number of ether oxygens (including phenoxy) is 1. The molecule has 0 bridgehead atoms. The SMILES string of the molecule is C1COC2CCNCC2C1.Cn1cc(Cc2ccc(-n3cccn3)cc2)s1. The molecule has 0 radical (unpaired) electrons. The molecule has 2 unspecified atom stereocenters. The summed E-state index contributed by atoms with van der Waals surface area (Å²) >= 11 is 1.80. The number of hydrogen-bond donors (Lipinski definition) is 1. The maximum atomic E-state index is 5.64. The standard InChI is InChI=1S/C13H13N3S.C8H15NO/c1-15-10-13(17-15)9-11-3-5-12(6-4-11)16-8-2-7-14-16;1-2-7-6-9-4-3-8(7)10-5-1/h2-8,10H,9H2,1H3;7-9H,1-6H2. The van der Waals surface area contributed by atoms with Gasteiger partial charge < -0.3 is 14.0 Å². The van der Waals surface area contributed by atoms with E-state index >= 15 is 0 Å². The summed E-state index contributed by atoms with van der Waals surface area (Å²) in [7, 11) is 2.06. The first-order chi connectivity index (χ1) is 13.3. The van der Waals surface area contributed by atoms with Gasteiger partial charge in [0, 0.05) is 50.1 Å². The van der Waals surface area contributed by atoms with Crippen LogP contribution in [0.15, 0.2) is 48.9 Å². The third kappa shape index (κ3) is 4.89. The lowest BCUT2D eigenvalue weighted by molar-refractivity contribution is -0.0406. The van der Waals surface area contributed by atoms with Gasteiger partial charge in [0.2, 0.25) is 0 Å². The van der Waals surface area contributed by atoms with E-state index in [-0.39, 0.29) is 0 Å². The van der Waals surface area contributed by atoms with Crippen molar-refractivity contribution in [3.05, 3.63) is 59.4 Å². The minimum Gasteiger partial charge on any atom is -0.378 e. The highest BCUT2D eigenvalue weighted by Gasteiger charge is 2.27. The van der Waals surface area contributed by atoms with E-state index in [0.717, 1.165) is 31.2 Å². The maximum absolute atomic E-state index is 5.64. The molecular formula is C21H28N4OS. The predicted molar refractivity (Wildman–Crippen MR) is 110 cm³/mol. The minimum atomic E-state index is 0.593. The molecular weight excluding hydrogens is 356 g/mol. The zero-order valence-corrected chi connectivity index (χ0v) is 16.7. The molecule has 1 N–H and O–H groups in total. The quantitative estimate of drug-likeness (QED) is 0.750. The number of aromatic nitrogens is 3. The molecule has 6 heteroatoms. The second kappa shape index (κ2) is 8.87.